The molecule has 1 aliphatic rings. The van der Waals surface area contributed by atoms with E-state index in [1.807, 2.05) is 10.9 Å². The molecule has 0 radical (unpaired) electrons. The highest BCUT2D eigenvalue weighted by atomic mass is 15.3. The maximum absolute atomic E-state index is 5.89. The Morgan fingerprint density at radius 2 is 2.31 bits per heavy atom. The summed E-state index contributed by atoms with van der Waals surface area (Å²) in [5.74, 6) is 2.12. The van der Waals surface area contributed by atoms with Gasteiger partial charge in [0.15, 0.2) is 0 Å². The predicted molar refractivity (Wildman–Crippen MR) is 66.2 cm³/mol. The van der Waals surface area contributed by atoms with Gasteiger partial charge >= 0.3 is 0 Å². The number of hydrogen-bond acceptors (Lipinski definition) is 2. The van der Waals surface area contributed by atoms with Crippen LogP contribution in [-0.2, 0) is 6.54 Å². The molecule has 1 saturated carbocycles. The molecular weight excluding hydrogens is 198 g/mol. The van der Waals surface area contributed by atoms with Crippen molar-refractivity contribution in [2.75, 3.05) is 6.54 Å². The summed E-state index contributed by atoms with van der Waals surface area (Å²) in [6, 6.07) is 0. The summed E-state index contributed by atoms with van der Waals surface area (Å²) >= 11 is 0. The second-order valence-electron chi connectivity index (χ2n) is 5.15. The van der Waals surface area contributed by atoms with Gasteiger partial charge in [-0.2, -0.15) is 5.10 Å². The lowest BCUT2D eigenvalue weighted by atomic mass is 9.72. The maximum Gasteiger partial charge on any atom is 0.0524 e. The first-order valence-electron chi connectivity index (χ1n) is 6.47. The van der Waals surface area contributed by atoms with E-state index >= 15 is 0 Å². The van der Waals surface area contributed by atoms with Crippen LogP contribution >= 0.6 is 0 Å². The molecule has 3 nitrogen and oxygen atoms in total. The van der Waals surface area contributed by atoms with Gasteiger partial charge in [-0.05, 0) is 49.6 Å². The first-order chi connectivity index (χ1) is 7.74. The monoisotopic (exact) mass is 221 g/mol. The molecule has 2 rings (SSSR count). The van der Waals surface area contributed by atoms with Crippen molar-refractivity contribution in [2.24, 2.45) is 17.6 Å². The summed E-state index contributed by atoms with van der Waals surface area (Å²) < 4.78 is 2.02. The SMILES string of the molecule is CCn1cc(C2CC(C)CCC2CN)cn1. The molecule has 3 atom stereocenters. The Balaban J connectivity index is 2.15. The lowest BCUT2D eigenvalue weighted by molar-refractivity contribution is 0.253. The fraction of sp³-hybridized carbons (Fsp3) is 0.769. The van der Waals surface area contributed by atoms with Gasteiger partial charge in [-0.1, -0.05) is 13.3 Å². The highest BCUT2D eigenvalue weighted by molar-refractivity contribution is 5.14. The third-order valence-corrected chi connectivity index (χ3v) is 3.96. The summed E-state index contributed by atoms with van der Waals surface area (Å²) in [4.78, 5) is 0. The standard InChI is InChI=1S/C13H23N3/c1-3-16-9-12(8-15-16)13-6-10(2)4-5-11(13)7-14/h8-11,13H,3-7,14H2,1-2H3. The molecule has 0 amide bonds. The van der Waals surface area contributed by atoms with Gasteiger partial charge < -0.3 is 5.73 Å². The van der Waals surface area contributed by atoms with Crippen molar-refractivity contribution >= 4 is 0 Å². The zero-order valence-corrected chi connectivity index (χ0v) is 10.4. The summed E-state index contributed by atoms with van der Waals surface area (Å²) in [5, 5.41) is 4.38. The minimum atomic E-state index is 0.633. The van der Waals surface area contributed by atoms with Gasteiger partial charge in [-0.3, -0.25) is 4.68 Å². The normalized spacial score (nSPS) is 30.6. The summed E-state index contributed by atoms with van der Waals surface area (Å²) in [6.07, 6.45) is 8.12. The predicted octanol–water partition coefficient (Wildman–Crippen LogP) is 2.38. The molecule has 1 aliphatic carbocycles. The summed E-state index contributed by atoms with van der Waals surface area (Å²) in [7, 11) is 0. The van der Waals surface area contributed by atoms with E-state index < -0.39 is 0 Å². The molecule has 16 heavy (non-hydrogen) atoms. The second kappa shape index (κ2) is 5.00. The van der Waals surface area contributed by atoms with Crippen LogP contribution in [0.3, 0.4) is 0 Å². The highest BCUT2D eigenvalue weighted by Gasteiger charge is 2.29. The molecule has 1 aromatic heterocycles. The average molecular weight is 221 g/mol. The lowest BCUT2D eigenvalue weighted by Crippen LogP contribution is -2.28. The summed E-state index contributed by atoms with van der Waals surface area (Å²) in [5.41, 5.74) is 7.28. The molecule has 0 bridgehead atoms. The van der Waals surface area contributed by atoms with Crippen LogP contribution in [0.25, 0.3) is 0 Å². The quantitative estimate of drug-likeness (QED) is 0.851. The van der Waals surface area contributed by atoms with E-state index in [-0.39, 0.29) is 0 Å². The number of nitrogens with two attached hydrogens (primary N) is 1. The number of rotatable bonds is 3. The molecule has 1 fully saturated rings. The smallest absolute Gasteiger partial charge is 0.0524 e. The molecule has 0 aromatic carbocycles. The van der Waals surface area contributed by atoms with Gasteiger partial charge in [0.1, 0.15) is 0 Å². The van der Waals surface area contributed by atoms with Gasteiger partial charge in [-0.25, -0.2) is 0 Å². The second-order valence-corrected chi connectivity index (χ2v) is 5.15. The highest BCUT2D eigenvalue weighted by Crippen LogP contribution is 2.39. The van der Waals surface area contributed by atoms with Crippen molar-refractivity contribution in [1.29, 1.82) is 0 Å². The number of aryl methyl sites for hydroxylation is 1. The summed E-state index contributed by atoms with van der Waals surface area (Å²) in [6.45, 7) is 6.24. The van der Waals surface area contributed by atoms with Crippen LogP contribution in [0.4, 0.5) is 0 Å². The van der Waals surface area contributed by atoms with Crippen LogP contribution in [0.2, 0.25) is 0 Å². The van der Waals surface area contributed by atoms with Crippen molar-refractivity contribution in [3.05, 3.63) is 18.0 Å². The van der Waals surface area contributed by atoms with E-state index in [0.717, 1.165) is 19.0 Å². The van der Waals surface area contributed by atoms with Crippen molar-refractivity contribution in [3.8, 4) is 0 Å². The molecule has 1 aromatic rings. The molecule has 0 aliphatic heterocycles. The van der Waals surface area contributed by atoms with Crippen LogP contribution in [0.1, 0.15) is 44.6 Å². The minimum absolute atomic E-state index is 0.633. The van der Waals surface area contributed by atoms with Gasteiger partial charge in [-0.15, -0.1) is 0 Å². The molecule has 2 N–H and O–H groups in total. The molecule has 1 heterocycles. The van der Waals surface area contributed by atoms with Gasteiger partial charge in [0.05, 0.1) is 6.20 Å². The molecule has 0 spiro atoms. The van der Waals surface area contributed by atoms with Crippen molar-refractivity contribution in [2.45, 2.75) is 45.6 Å². The maximum atomic E-state index is 5.89. The van der Waals surface area contributed by atoms with E-state index in [2.05, 4.69) is 25.1 Å². The largest absolute Gasteiger partial charge is 0.330 e. The Labute approximate surface area is 98.0 Å². The van der Waals surface area contributed by atoms with E-state index in [1.54, 1.807) is 0 Å². The third kappa shape index (κ3) is 2.29. The Kier molecular flexibility index (Phi) is 3.64. The van der Waals surface area contributed by atoms with E-state index in [1.165, 1.54) is 24.8 Å². The van der Waals surface area contributed by atoms with Crippen molar-refractivity contribution < 1.29 is 0 Å². The fourth-order valence-corrected chi connectivity index (χ4v) is 2.88. The minimum Gasteiger partial charge on any atom is -0.330 e. The lowest BCUT2D eigenvalue weighted by Gasteiger charge is -2.33. The molecular formula is C13H23N3. The van der Waals surface area contributed by atoms with E-state index in [0.29, 0.717) is 11.8 Å². The molecule has 3 heteroatoms. The van der Waals surface area contributed by atoms with Crippen LogP contribution in [0.15, 0.2) is 12.4 Å². The first kappa shape index (κ1) is 11.6. The topological polar surface area (TPSA) is 43.8 Å². The van der Waals surface area contributed by atoms with Gasteiger partial charge in [0.2, 0.25) is 0 Å². The zero-order chi connectivity index (χ0) is 11.5. The Bertz CT molecular complexity index is 332. The fourth-order valence-electron chi connectivity index (χ4n) is 2.88. The zero-order valence-electron chi connectivity index (χ0n) is 10.4. The Morgan fingerprint density at radius 3 is 2.94 bits per heavy atom. The number of nitrogens with zero attached hydrogens (tertiary/aromatic N) is 2. The number of aromatic nitrogens is 2. The molecule has 3 unspecified atom stereocenters. The van der Waals surface area contributed by atoms with Crippen LogP contribution in [0.5, 0.6) is 0 Å². The van der Waals surface area contributed by atoms with Gasteiger partial charge in [0, 0.05) is 12.7 Å². The van der Waals surface area contributed by atoms with Crippen molar-refractivity contribution in [1.82, 2.24) is 9.78 Å². The van der Waals surface area contributed by atoms with E-state index in [4.69, 9.17) is 5.73 Å². The molecule has 90 valence electrons. The Hall–Kier alpha value is -0.830. The molecule has 0 saturated heterocycles. The van der Waals surface area contributed by atoms with Crippen LogP contribution < -0.4 is 5.73 Å². The van der Waals surface area contributed by atoms with Crippen LogP contribution in [-0.4, -0.2) is 16.3 Å². The van der Waals surface area contributed by atoms with Gasteiger partial charge in [0.25, 0.3) is 0 Å². The average Bonchev–Trinajstić information content (AvgIpc) is 2.77. The Morgan fingerprint density at radius 1 is 1.50 bits per heavy atom. The third-order valence-electron chi connectivity index (χ3n) is 3.96. The van der Waals surface area contributed by atoms with Crippen LogP contribution in [0, 0.1) is 11.8 Å². The van der Waals surface area contributed by atoms with Crippen molar-refractivity contribution in [3.63, 3.8) is 0 Å². The number of hydrogen-bond donors (Lipinski definition) is 1. The van der Waals surface area contributed by atoms with E-state index in [9.17, 15) is 0 Å². The first-order valence-corrected chi connectivity index (χ1v) is 6.47.